The molecule has 1 heterocycles. The molecule has 4 heteroatoms. The maximum atomic E-state index is 9.15. The second-order valence-corrected chi connectivity index (χ2v) is 6.79. The number of hydrogen-bond donors (Lipinski definition) is 1. The molecule has 3 nitrogen and oxygen atoms in total. The van der Waals surface area contributed by atoms with Crippen molar-refractivity contribution >= 4 is 23.1 Å². The van der Waals surface area contributed by atoms with Crippen LogP contribution in [0.25, 0.3) is 0 Å². The van der Waals surface area contributed by atoms with Gasteiger partial charge in [0, 0.05) is 28.9 Å². The molecule has 0 aromatic heterocycles. The number of fused-ring (bicyclic) bond motifs is 2. The molecule has 0 fully saturated rings. The summed E-state index contributed by atoms with van der Waals surface area (Å²) in [6.45, 7) is 4.02. The number of anilines is 2. The third kappa shape index (κ3) is 3.00. The summed E-state index contributed by atoms with van der Waals surface area (Å²) < 4.78 is 0. The Bertz CT molecular complexity index is 601. The molecule has 0 saturated carbocycles. The van der Waals surface area contributed by atoms with Crippen LogP contribution in [-0.2, 0) is 0 Å². The quantitative estimate of drug-likeness (QED) is 0.912. The Morgan fingerprint density at radius 3 is 2.14 bits per heavy atom. The van der Waals surface area contributed by atoms with Gasteiger partial charge in [-0.25, -0.2) is 0 Å². The summed E-state index contributed by atoms with van der Waals surface area (Å²) in [6.07, 6.45) is 0. The Morgan fingerprint density at radius 2 is 1.59 bits per heavy atom. The summed E-state index contributed by atoms with van der Waals surface area (Å²) >= 11 is 1.84. The van der Waals surface area contributed by atoms with Crippen molar-refractivity contribution in [3.63, 3.8) is 0 Å². The van der Waals surface area contributed by atoms with Gasteiger partial charge in [-0.15, -0.1) is 0 Å². The van der Waals surface area contributed by atoms with Crippen molar-refractivity contribution in [2.24, 2.45) is 0 Å². The Balaban J connectivity index is 1.93. The minimum atomic E-state index is 0.198. The monoisotopic (exact) mass is 314 g/mol. The van der Waals surface area contributed by atoms with Gasteiger partial charge in [-0.3, -0.25) is 4.90 Å². The van der Waals surface area contributed by atoms with Gasteiger partial charge in [0.2, 0.25) is 0 Å². The Labute approximate surface area is 136 Å². The molecule has 0 amide bonds. The van der Waals surface area contributed by atoms with Gasteiger partial charge >= 0.3 is 0 Å². The normalized spacial score (nSPS) is 14.6. The highest BCUT2D eigenvalue weighted by Gasteiger charge is 2.24. The average Bonchev–Trinajstić information content (AvgIpc) is 2.54. The van der Waals surface area contributed by atoms with Gasteiger partial charge in [0.25, 0.3) is 0 Å². The first-order chi connectivity index (χ1) is 10.7. The van der Waals surface area contributed by atoms with Crippen LogP contribution in [-0.4, -0.2) is 42.8 Å². The predicted molar refractivity (Wildman–Crippen MR) is 93.2 cm³/mol. The maximum absolute atomic E-state index is 9.15. The van der Waals surface area contributed by atoms with Gasteiger partial charge in [0.1, 0.15) is 0 Å². The van der Waals surface area contributed by atoms with Crippen LogP contribution in [0.1, 0.15) is 6.92 Å². The second-order valence-electron chi connectivity index (χ2n) is 5.70. The number of aliphatic hydroxyl groups excluding tert-OH is 1. The zero-order chi connectivity index (χ0) is 15.5. The van der Waals surface area contributed by atoms with Crippen molar-refractivity contribution in [2.45, 2.75) is 22.8 Å². The summed E-state index contributed by atoms with van der Waals surface area (Å²) in [4.78, 5) is 7.21. The molecule has 0 radical (unpaired) electrons. The van der Waals surface area contributed by atoms with Crippen LogP contribution in [0, 0.1) is 0 Å². The lowest BCUT2D eigenvalue weighted by molar-refractivity contribution is 0.190. The Kier molecular flexibility index (Phi) is 4.71. The van der Waals surface area contributed by atoms with Crippen molar-refractivity contribution in [3.05, 3.63) is 48.5 Å². The highest BCUT2D eigenvalue weighted by atomic mass is 32.2. The molecule has 0 bridgehead atoms. The third-order valence-electron chi connectivity index (χ3n) is 4.18. The highest BCUT2D eigenvalue weighted by molar-refractivity contribution is 7.99. The zero-order valence-corrected chi connectivity index (χ0v) is 13.9. The lowest BCUT2D eigenvalue weighted by Crippen LogP contribution is -2.40. The lowest BCUT2D eigenvalue weighted by Gasteiger charge is -2.36. The van der Waals surface area contributed by atoms with Gasteiger partial charge in [0.05, 0.1) is 18.0 Å². The van der Waals surface area contributed by atoms with E-state index < -0.39 is 0 Å². The third-order valence-corrected chi connectivity index (χ3v) is 5.31. The zero-order valence-electron chi connectivity index (χ0n) is 13.1. The average molecular weight is 314 g/mol. The molecule has 2 aromatic rings. The van der Waals surface area contributed by atoms with E-state index in [4.69, 9.17) is 5.11 Å². The molecule has 1 N–H and O–H groups in total. The van der Waals surface area contributed by atoms with E-state index in [9.17, 15) is 0 Å². The summed E-state index contributed by atoms with van der Waals surface area (Å²) in [7, 11) is 2.07. The van der Waals surface area contributed by atoms with E-state index in [0.29, 0.717) is 12.6 Å². The lowest BCUT2D eigenvalue weighted by atomic mass is 10.2. The fourth-order valence-corrected chi connectivity index (χ4v) is 3.86. The molecule has 1 unspecified atom stereocenters. The van der Waals surface area contributed by atoms with Gasteiger partial charge in [-0.2, -0.15) is 0 Å². The number of likely N-dealkylation sites (N-methyl/N-ethyl adjacent to an activating group) is 1. The first-order valence-electron chi connectivity index (χ1n) is 7.65. The molecule has 2 aromatic carbocycles. The molecule has 1 atom stereocenters. The van der Waals surface area contributed by atoms with Crippen molar-refractivity contribution in [1.82, 2.24) is 4.90 Å². The largest absolute Gasteiger partial charge is 0.395 e. The summed E-state index contributed by atoms with van der Waals surface area (Å²) in [5.74, 6) is 0. The van der Waals surface area contributed by atoms with Crippen LogP contribution in [0.3, 0.4) is 0 Å². The number of rotatable bonds is 5. The van der Waals surface area contributed by atoms with Crippen molar-refractivity contribution in [1.29, 1.82) is 0 Å². The second kappa shape index (κ2) is 6.73. The standard InChI is InChI=1S/C18H22N2OS/c1-14(19(2)11-12-21)13-20-15-7-3-5-9-17(15)22-18-10-6-4-8-16(18)20/h3-10,14,21H,11-13H2,1-2H3. The molecule has 3 rings (SSSR count). The molecule has 0 spiro atoms. The fourth-order valence-electron chi connectivity index (χ4n) is 2.76. The number of para-hydroxylation sites is 2. The van der Waals surface area contributed by atoms with Crippen LogP contribution in [0.2, 0.25) is 0 Å². The Hall–Kier alpha value is -1.49. The van der Waals surface area contributed by atoms with E-state index in [2.05, 4.69) is 72.3 Å². The van der Waals surface area contributed by atoms with Crippen molar-refractivity contribution in [3.8, 4) is 0 Å². The van der Waals surface area contributed by atoms with E-state index in [1.54, 1.807) is 0 Å². The predicted octanol–water partition coefficient (Wildman–Crippen LogP) is 3.60. The van der Waals surface area contributed by atoms with E-state index in [0.717, 1.165) is 6.54 Å². The van der Waals surface area contributed by atoms with E-state index >= 15 is 0 Å². The molecular formula is C18H22N2OS. The van der Waals surface area contributed by atoms with Gasteiger partial charge in [0.15, 0.2) is 0 Å². The molecule has 0 saturated heterocycles. The molecular weight excluding hydrogens is 292 g/mol. The minimum Gasteiger partial charge on any atom is -0.395 e. The number of benzene rings is 2. The van der Waals surface area contributed by atoms with E-state index in [1.807, 2.05) is 11.8 Å². The summed E-state index contributed by atoms with van der Waals surface area (Å²) in [5.41, 5.74) is 2.55. The first-order valence-corrected chi connectivity index (χ1v) is 8.47. The Morgan fingerprint density at radius 1 is 1.05 bits per heavy atom. The molecule has 1 aliphatic rings. The van der Waals surface area contributed by atoms with Crippen LogP contribution < -0.4 is 4.90 Å². The summed E-state index contributed by atoms with van der Waals surface area (Å²) in [5, 5.41) is 9.15. The van der Waals surface area contributed by atoms with E-state index in [-0.39, 0.29) is 6.61 Å². The molecule has 0 aliphatic carbocycles. The van der Waals surface area contributed by atoms with Crippen molar-refractivity contribution < 1.29 is 5.11 Å². The van der Waals surface area contributed by atoms with E-state index in [1.165, 1.54) is 21.2 Å². The van der Waals surface area contributed by atoms with Crippen LogP contribution in [0.4, 0.5) is 11.4 Å². The SMILES string of the molecule is CC(CN1c2ccccc2Sc2ccccc21)N(C)CCO. The van der Waals surface area contributed by atoms with Crippen LogP contribution >= 0.6 is 11.8 Å². The molecule has 22 heavy (non-hydrogen) atoms. The summed E-state index contributed by atoms with van der Waals surface area (Å²) in [6, 6.07) is 17.5. The first kappa shape index (κ1) is 15.4. The van der Waals surface area contributed by atoms with Gasteiger partial charge in [-0.1, -0.05) is 36.0 Å². The maximum Gasteiger partial charge on any atom is 0.0558 e. The molecule has 1 aliphatic heterocycles. The number of hydrogen-bond acceptors (Lipinski definition) is 4. The number of aliphatic hydroxyl groups is 1. The fraction of sp³-hybridized carbons (Fsp3) is 0.333. The van der Waals surface area contributed by atoms with Crippen molar-refractivity contribution in [2.75, 3.05) is 31.6 Å². The smallest absolute Gasteiger partial charge is 0.0558 e. The minimum absolute atomic E-state index is 0.198. The van der Waals surface area contributed by atoms with Gasteiger partial charge < -0.3 is 10.0 Å². The topological polar surface area (TPSA) is 26.7 Å². The number of nitrogens with zero attached hydrogens (tertiary/aromatic N) is 2. The highest BCUT2D eigenvalue weighted by Crippen LogP contribution is 2.47. The van der Waals surface area contributed by atoms with Crippen LogP contribution in [0.15, 0.2) is 58.3 Å². The van der Waals surface area contributed by atoms with Gasteiger partial charge in [-0.05, 0) is 38.2 Å². The van der Waals surface area contributed by atoms with Crippen LogP contribution in [0.5, 0.6) is 0 Å². The molecule has 116 valence electrons.